The Morgan fingerprint density at radius 2 is 1.97 bits per heavy atom. The lowest BCUT2D eigenvalue weighted by atomic mass is 9.98. The van der Waals surface area contributed by atoms with Gasteiger partial charge in [0.05, 0.1) is 17.7 Å². The Labute approximate surface area is 196 Å². The Balaban J connectivity index is 1.19. The van der Waals surface area contributed by atoms with Crippen LogP contribution in [0, 0.1) is 11.7 Å². The lowest BCUT2D eigenvalue weighted by molar-refractivity contribution is -0.0593. The van der Waals surface area contributed by atoms with E-state index in [1.807, 2.05) is 0 Å². The van der Waals surface area contributed by atoms with Crippen molar-refractivity contribution in [1.82, 2.24) is 14.7 Å². The fourth-order valence-electron chi connectivity index (χ4n) is 5.33. The number of halogens is 2. The first-order valence-electron chi connectivity index (χ1n) is 12.1. The lowest BCUT2D eigenvalue weighted by Gasteiger charge is -2.41. The van der Waals surface area contributed by atoms with Crippen LogP contribution in [0.3, 0.4) is 0 Å². The Morgan fingerprint density at radius 1 is 1.22 bits per heavy atom. The molecule has 178 valence electrons. The van der Waals surface area contributed by atoms with Gasteiger partial charge in [0.15, 0.2) is 0 Å². The van der Waals surface area contributed by atoms with Gasteiger partial charge in [-0.2, -0.15) is 0 Å². The number of nitrogens with one attached hydrogen (secondary N) is 1. The van der Waals surface area contributed by atoms with Gasteiger partial charge in [0.2, 0.25) is 0 Å². The highest BCUT2D eigenvalue weighted by atomic mass is 35.5. The van der Waals surface area contributed by atoms with Crippen LogP contribution < -0.4 is 5.32 Å². The molecule has 1 saturated carbocycles. The second-order valence-corrected chi connectivity index (χ2v) is 9.98. The van der Waals surface area contributed by atoms with Gasteiger partial charge >= 0.3 is 6.03 Å². The average Bonchev–Trinajstić information content (AvgIpc) is 3.30. The van der Waals surface area contributed by atoms with Gasteiger partial charge in [-0.3, -0.25) is 9.80 Å². The molecule has 32 heavy (non-hydrogen) atoms. The maximum atomic E-state index is 13.3. The number of piperazine rings is 1. The molecule has 2 saturated heterocycles. The number of nitrogens with zero attached hydrogens (tertiary/aromatic N) is 3. The summed E-state index contributed by atoms with van der Waals surface area (Å²) in [6, 6.07) is 4.68. The van der Waals surface area contributed by atoms with Gasteiger partial charge in [-0.25, -0.2) is 9.18 Å². The fourth-order valence-corrected chi connectivity index (χ4v) is 5.51. The molecule has 0 spiro atoms. The summed E-state index contributed by atoms with van der Waals surface area (Å²) in [7, 11) is 0. The largest absolute Gasteiger partial charge is 0.374 e. The fraction of sp³-hybridized carbons (Fsp3) is 0.708. The van der Waals surface area contributed by atoms with Crippen LogP contribution in [0.2, 0.25) is 5.02 Å². The zero-order chi connectivity index (χ0) is 22.5. The van der Waals surface area contributed by atoms with Gasteiger partial charge in [0.1, 0.15) is 5.82 Å². The minimum atomic E-state index is -0.491. The highest BCUT2D eigenvalue weighted by Crippen LogP contribution is 2.30. The van der Waals surface area contributed by atoms with Crippen molar-refractivity contribution in [3.63, 3.8) is 0 Å². The van der Waals surface area contributed by atoms with Crippen molar-refractivity contribution in [2.75, 3.05) is 57.7 Å². The third kappa shape index (κ3) is 6.34. The summed E-state index contributed by atoms with van der Waals surface area (Å²) in [6.07, 6.45) is 7.18. The molecular weight excluding hydrogens is 431 g/mol. The predicted molar refractivity (Wildman–Crippen MR) is 126 cm³/mol. The van der Waals surface area contributed by atoms with Crippen molar-refractivity contribution in [2.45, 2.75) is 51.2 Å². The van der Waals surface area contributed by atoms with Gasteiger partial charge < -0.3 is 15.0 Å². The maximum Gasteiger partial charge on any atom is 0.321 e. The molecule has 0 radical (unpaired) electrons. The number of hydrogen-bond acceptors (Lipinski definition) is 4. The number of hydrogen-bond donors (Lipinski definition) is 1. The smallest absolute Gasteiger partial charge is 0.321 e. The molecule has 1 aromatic rings. The highest BCUT2D eigenvalue weighted by molar-refractivity contribution is 6.31. The zero-order valence-electron chi connectivity index (χ0n) is 19.1. The molecular formula is C24H36ClFN4O2. The Kier molecular flexibility index (Phi) is 8.27. The molecule has 8 heteroatoms. The minimum absolute atomic E-state index is 0.00621. The molecule has 0 aromatic heterocycles. The monoisotopic (exact) mass is 466 g/mol. The van der Waals surface area contributed by atoms with E-state index in [1.165, 1.54) is 50.3 Å². The summed E-state index contributed by atoms with van der Waals surface area (Å²) in [4.78, 5) is 19.4. The van der Waals surface area contributed by atoms with Crippen molar-refractivity contribution in [3.8, 4) is 0 Å². The van der Waals surface area contributed by atoms with Gasteiger partial charge in [-0.15, -0.1) is 0 Å². The van der Waals surface area contributed by atoms with E-state index < -0.39 is 5.82 Å². The quantitative estimate of drug-likeness (QED) is 0.679. The summed E-state index contributed by atoms with van der Waals surface area (Å²) in [5.41, 5.74) is 0.506. The van der Waals surface area contributed by atoms with Gasteiger partial charge in [-0.05, 0) is 37.5 Å². The van der Waals surface area contributed by atoms with Crippen LogP contribution in [0.15, 0.2) is 18.2 Å². The van der Waals surface area contributed by atoms with E-state index >= 15 is 0 Å². The number of morpholine rings is 1. The Hall–Kier alpha value is -1.41. The van der Waals surface area contributed by atoms with Crippen molar-refractivity contribution >= 4 is 23.3 Å². The average molecular weight is 467 g/mol. The summed E-state index contributed by atoms with van der Waals surface area (Å²) in [5, 5.41) is 2.82. The van der Waals surface area contributed by atoms with E-state index in [0.717, 1.165) is 45.2 Å². The molecule has 0 bridgehead atoms. The van der Waals surface area contributed by atoms with Crippen LogP contribution in [-0.4, -0.2) is 85.3 Å². The molecule has 2 amide bonds. The van der Waals surface area contributed by atoms with E-state index in [4.69, 9.17) is 16.3 Å². The van der Waals surface area contributed by atoms with Crippen molar-refractivity contribution in [3.05, 3.63) is 29.0 Å². The van der Waals surface area contributed by atoms with E-state index in [2.05, 4.69) is 22.0 Å². The summed E-state index contributed by atoms with van der Waals surface area (Å²) >= 11 is 5.80. The number of amides is 2. The standard InChI is InChI=1S/C24H36ClFN4O2/c1-18(14-19-4-2-3-5-19)30-12-13-32-21(17-30)16-28-8-10-29(11-9-28)24(31)27-20-6-7-23(26)22(25)15-20/h6-7,15,18-19,21H,2-5,8-14,16-17H2,1H3,(H,27,31)/t18-,21+/m1/s1. The molecule has 2 heterocycles. The number of ether oxygens (including phenoxy) is 1. The maximum absolute atomic E-state index is 13.3. The third-order valence-electron chi connectivity index (χ3n) is 7.23. The van der Waals surface area contributed by atoms with Gasteiger partial charge in [-0.1, -0.05) is 37.3 Å². The topological polar surface area (TPSA) is 48.1 Å². The number of carbonyl (C=O) groups is 1. The zero-order valence-corrected chi connectivity index (χ0v) is 19.8. The third-order valence-corrected chi connectivity index (χ3v) is 7.52. The van der Waals surface area contributed by atoms with Crippen molar-refractivity contribution < 1.29 is 13.9 Å². The SMILES string of the molecule is C[C@H](CC1CCCC1)N1CCO[C@@H](CN2CCN(C(=O)Nc3ccc(F)c(Cl)c3)CC2)C1. The Morgan fingerprint density at radius 3 is 2.69 bits per heavy atom. The number of carbonyl (C=O) groups excluding carboxylic acids is 1. The lowest BCUT2D eigenvalue weighted by Crippen LogP contribution is -2.55. The van der Waals surface area contributed by atoms with Crippen LogP contribution in [0.5, 0.6) is 0 Å². The van der Waals surface area contributed by atoms with E-state index in [0.29, 0.717) is 24.8 Å². The Bertz CT molecular complexity index is 768. The van der Waals surface area contributed by atoms with Crippen LogP contribution in [0.4, 0.5) is 14.9 Å². The van der Waals surface area contributed by atoms with Crippen molar-refractivity contribution in [2.24, 2.45) is 5.92 Å². The van der Waals surface area contributed by atoms with Crippen LogP contribution in [0.1, 0.15) is 39.0 Å². The number of rotatable bonds is 6. The predicted octanol–water partition coefficient (Wildman–Crippen LogP) is 4.30. The van der Waals surface area contributed by atoms with Crippen LogP contribution >= 0.6 is 11.6 Å². The molecule has 3 aliphatic rings. The molecule has 1 N–H and O–H groups in total. The van der Waals surface area contributed by atoms with Crippen molar-refractivity contribution in [1.29, 1.82) is 0 Å². The summed E-state index contributed by atoms with van der Waals surface area (Å²) in [6.45, 7) is 9.12. The molecule has 4 rings (SSSR count). The second kappa shape index (κ2) is 11.1. The van der Waals surface area contributed by atoms with E-state index in [-0.39, 0.29) is 17.2 Å². The molecule has 0 unspecified atom stereocenters. The van der Waals surface area contributed by atoms with Crippen LogP contribution in [-0.2, 0) is 4.74 Å². The first kappa shape index (κ1) is 23.7. The molecule has 1 aromatic carbocycles. The number of urea groups is 1. The number of benzene rings is 1. The van der Waals surface area contributed by atoms with Gasteiger partial charge in [0.25, 0.3) is 0 Å². The highest BCUT2D eigenvalue weighted by Gasteiger charge is 2.29. The summed E-state index contributed by atoms with van der Waals surface area (Å²) in [5.74, 6) is 0.422. The van der Waals surface area contributed by atoms with Gasteiger partial charge in [0, 0.05) is 57.5 Å². The van der Waals surface area contributed by atoms with Crippen LogP contribution in [0.25, 0.3) is 0 Å². The first-order valence-corrected chi connectivity index (χ1v) is 12.4. The minimum Gasteiger partial charge on any atom is -0.374 e. The molecule has 6 nitrogen and oxygen atoms in total. The summed E-state index contributed by atoms with van der Waals surface area (Å²) < 4.78 is 19.4. The molecule has 3 fully saturated rings. The second-order valence-electron chi connectivity index (χ2n) is 9.57. The molecule has 2 atom stereocenters. The molecule has 2 aliphatic heterocycles. The first-order chi connectivity index (χ1) is 15.5. The normalized spacial score (nSPS) is 24.6. The number of anilines is 1. The van der Waals surface area contributed by atoms with E-state index in [1.54, 1.807) is 4.90 Å². The molecule has 1 aliphatic carbocycles. The van der Waals surface area contributed by atoms with E-state index in [9.17, 15) is 9.18 Å².